The summed E-state index contributed by atoms with van der Waals surface area (Å²) in [4.78, 5) is 11.6. The van der Waals surface area contributed by atoms with E-state index in [1.165, 1.54) is 0 Å². The molecule has 0 saturated carbocycles. The van der Waals surface area contributed by atoms with Crippen molar-refractivity contribution in [3.8, 4) is 0 Å². The molecular formula is C14H22N2O2. The fourth-order valence-electron chi connectivity index (χ4n) is 1.49. The van der Waals surface area contributed by atoms with Gasteiger partial charge in [-0.05, 0) is 44.5 Å². The molecule has 0 fully saturated rings. The minimum absolute atomic E-state index is 0.00220. The van der Waals surface area contributed by atoms with Crippen molar-refractivity contribution in [3.05, 3.63) is 29.8 Å². The van der Waals surface area contributed by atoms with Gasteiger partial charge in [0.05, 0.1) is 12.7 Å². The molecule has 0 saturated heterocycles. The Labute approximate surface area is 109 Å². The maximum Gasteiger partial charge on any atom is 0.224 e. The minimum atomic E-state index is 0.00220. The van der Waals surface area contributed by atoms with Gasteiger partial charge in [0.1, 0.15) is 0 Å². The van der Waals surface area contributed by atoms with Crippen molar-refractivity contribution < 1.29 is 9.53 Å². The molecule has 0 aromatic heterocycles. The topological polar surface area (TPSA) is 64.3 Å². The third-order valence-corrected chi connectivity index (χ3v) is 2.40. The number of benzene rings is 1. The van der Waals surface area contributed by atoms with Gasteiger partial charge in [-0.3, -0.25) is 4.79 Å². The average molecular weight is 250 g/mol. The van der Waals surface area contributed by atoms with Gasteiger partial charge in [-0.1, -0.05) is 12.1 Å². The molecule has 0 aliphatic heterocycles. The molecule has 1 aromatic rings. The highest BCUT2D eigenvalue weighted by Crippen LogP contribution is 2.12. The van der Waals surface area contributed by atoms with Crippen LogP contribution in [0.4, 0.5) is 5.69 Å². The summed E-state index contributed by atoms with van der Waals surface area (Å²) < 4.78 is 5.52. The first kappa shape index (κ1) is 14.7. The number of rotatable bonds is 7. The maximum atomic E-state index is 11.6. The van der Waals surface area contributed by atoms with Crippen LogP contribution in [0.15, 0.2) is 24.3 Å². The summed E-state index contributed by atoms with van der Waals surface area (Å²) in [5.74, 6) is 0.00220. The number of nitrogens with two attached hydrogens (primary N) is 1. The molecule has 1 aromatic carbocycles. The number of hydrogen-bond donors (Lipinski definition) is 2. The number of anilines is 1. The van der Waals surface area contributed by atoms with Gasteiger partial charge in [0.25, 0.3) is 0 Å². The van der Waals surface area contributed by atoms with E-state index in [1.54, 1.807) is 0 Å². The second-order valence-electron chi connectivity index (χ2n) is 4.50. The van der Waals surface area contributed by atoms with Gasteiger partial charge in [-0.15, -0.1) is 0 Å². The predicted octanol–water partition coefficient (Wildman–Crippen LogP) is 2.29. The molecule has 4 nitrogen and oxygen atoms in total. The molecule has 1 rings (SSSR count). The monoisotopic (exact) mass is 250 g/mol. The molecular weight excluding hydrogens is 228 g/mol. The van der Waals surface area contributed by atoms with Crippen LogP contribution in [0.5, 0.6) is 0 Å². The van der Waals surface area contributed by atoms with Crippen molar-refractivity contribution in [2.75, 3.05) is 11.9 Å². The molecule has 0 aliphatic rings. The lowest BCUT2D eigenvalue weighted by molar-refractivity contribution is -0.116. The number of amides is 1. The van der Waals surface area contributed by atoms with Gasteiger partial charge in [0, 0.05) is 12.1 Å². The first-order valence-electron chi connectivity index (χ1n) is 6.32. The second-order valence-corrected chi connectivity index (χ2v) is 4.50. The van der Waals surface area contributed by atoms with E-state index in [9.17, 15) is 4.79 Å². The number of nitrogens with one attached hydrogen (secondary N) is 1. The smallest absolute Gasteiger partial charge is 0.224 e. The summed E-state index contributed by atoms with van der Waals surface area (Å²) in [5, 5.41) is 2.85. The lowest BCUT2D eigenvalue weighted by Gasteiger charge is -2.09. The Morgan fingerprint density at radius 2 is 2.22 bits per heavy atom. The van der Waals surface area contributed by atoms with Crippen LogP contribution >= 0.6 is 0 Å². The third-order valence-electron chi connectivity index (χ3n) is 2.40. The standard InChI is InChI=1S/C14H22N2O2/c1-11(2)18-10-12-5-3-6-13(9-12)16-14(17)7-4-8-15/h3,5-6,9,11H,4,7-8,10,15H2,1-2H3,(H,16,17). The third kappa shape index (κ3) is 5.80. The Bertz CT molecular complexity index is 378. The van der Waals surface area contributed by atoms with Crippen LogP contribution in [0.1, 0.15) is 32.3 Å². The zero-order valence-electron chi connectivity index (χ0n) is 11.1. The van der Waals surface area contributed by atoms with E-state index in [-0.39, 0.29) is 12.0 Å². The van der Waals surface area contributed by atoms with Crippen LogP contribution in [-0.2, 0) is 16.1 Å². The molecule has 1 amide bonds. The fraction of sp³-hybridized carbons (Fsp3) is 0.500. The summed E-state index contributed by atoms with van der Waals surface area (Å²) in [7, 11) is 0. The Morgan fingerprint density at radius 1 is 1.44 bits per heavy atom. The molecule has 0 atom stereocenters. The van der Waals surface area contributed by atoms with Crippen LogP contribution in [0.2, 0.25) is 0 Å². The summed E-state index contributed by atoms with van der Waals surface area (Å²) in [6.07, 6.45) is 1.37. The zero-order valence-corrected chi connectivity index (χ0v) is 11.1. The highest BCUT2D eigenvalue weighted by Gasteiger charge is 2.03. The molecule has 0 unspecified atom stereocenters. The van der Waals surface area contributed by atoms with Crippen LogP contribution in [0.3, 0.4) is 0 Å². The number of carbonyl (C=O) groups is 1. The maximum absolute atomic E-state index is 11.6. The molecule has 0 bridgehead atoms. The Balaban J connectivity index is 2.51. The average Bonchev–Trinajstić information content (AvgIpc) is 2.34. The van der Waals surface area contributed by atoms with Crippen molar-refractivity contribution in [2.24, 2.45) is 5.73 Å². The largest absolute Gasteiger partial charge is 0.374 e. The zero-order chi connectivity index (χ0) is 13.4. The van der Waals surface area contributed by atoms with E-state index >= 15 is 0 Å². The van der Waals surface area contributed by atoms with Crippen molar-refractivity contribution >= 4 is 11.6 Å². The van der Waals surface area contributed by atoms with E-state index in [0.717, 1.165) is 11.3 Å². The second kappa shape index (κ2) is 7.84. The normalized spacial score (nSPS) is 10.7. The summed E-state index contributed by atoms with van der Waals surface area (Å²) in [6, 6.07) is 7.71. The molecule has 0 aliphatic carbocycles. The van der Waals surface area contributed by atoms with Crippen LogP contribution < -0.4 is 11.1 Å². The van der Waals surface area contributed by atoms with Gasteiger partial charge in [0.15, 0.2) is 0 Å². The lowest BCUT2D eigenvalue weighted by Crippen LogP contribution is -2.13. The van der Waals surface area contributed by atoms with E-state index in [0.29, 0.717) is 26.0 Å². The number of hydrogen-bond acceptors (Lipinski definition) is 3. The number of ether oxygens (including phenoxy) is 1. The first-order chi connectivity index (χ1) is 8.61. The van der Waals surface area contributed by atoms with Gasteiger partial charge < -0.3 is 15.8 Å². The molecule has 18 heavy (non-hydrogen) atoms. The predicted molar refractivity (Wildman–Crippen MR) is 73.3 cm³/mol. The van der Waals surface area contributed by atoms with Crippen molar-refractivity contribution in [2.45, 2.75) is 39.4 Å². The first-order valence-corrected chi connectivity index (χ1v) is 6.32. The molecule has 0 radical (unpaired) electrons. The lowest BCUT2D eigenvalue weighted by atomic mass is 10.2. The summed E-state index contributed by atoms with van der Waals surface area (Å²) >= 11 is 0. The van der Waals surface area contributed by atoms with Gasteiger partial charge in [-0.2, -0.15) is 0 Å². The van der Waals surface area contributed by atoms with E-state index in [1.807, 2.05) is 38.1 Å². The Kier molecular flexibility index (Phi) is 6.39. The highest BCUT2D eigenvalue weighted by atomic mass is 16.5. The van der Waals surface area contributed by atoms with Crippen molar-refractivity contribution in [1.29, 1.82) is 0 Å². The molecule has 4 heteroatoms. The van der Waals surface area contributed by atoms with Gasteiger partial charge in [-0.25, -0.2) is 0 Å². The van der Waals surface area contributed by atoms with Crippen molar-refractivity contribution in [3.63, 3.8) is 0 Å². The molecule has 0 spiro atoms. The van der Waals surface area contributed by atoms with Gasteiger partial charge >= 0.3 is 0 Å². The SMILES string of the molecule is CC(C)OCc1cccc(NC(=O)CCCN)c1. The van der Waals surface area contributed by atoms with Crippen LogP contribution in [-0.4, -0.2) is 18.6 Å². The van der Waals surface area contributed by atoms with Crippen molar-refractivity contribution in [1.82, 2.24) is 0 Å². The Hall–Kier alpha value is -1.39. The van der Waals surface area contributed by atoms with Gasteiger partial charge in [0.2, 0.25) is 5.91 Å². The van der Waals surface area contributed by atoms with E-state index < -0.39 is 0 Å². The van der Waals surface area contributed by atoms with E-state index in [2.05, 4.69) is 5.32 Å². The molecule has 3 N–H and O–H groups in total. The molecule has 100 valence electrons. The Morgan fingerprint density at radius 3 is 2.89 bits per heavy atom. The summed E-state index contributed by atoms with van der Waals surface area (Å²) in [5.41, 5.74) is 7.23. The quantitative estimate of drug-likeness (QED) is 0.780. The van der Waals surface area contributed by atoms with E-state index in [4.69, 9.17) is 10.5 Å². The van der Waals surface area contributed by atoms with Crippen LogP contribution in [0, 0.1) is 0 Å². The molecule has 0 heterocycles. The highest BCUT2D eigenvalue weighted by molar-refractivity contribution is 5.90. The number of carbonyl (C=O) groups excluding carboxylic acids is 1. The minimum Gasteiger partial charge on any atom is -0.374 e. The fourth-order valence-corrected chi connectivity index (χ4v) is 1.49. The van der Waals surface area contributed by atoms with Crippen LogP contribution in [0.25, 0.3) is 0 Å². The summed E-state index contributed by atoms with van der Waals surface area (Å²) in [6.45, 7) is 5.09.